The minimum atomic E-state index is -0.756. The second-order valence-corrected chi connectivity index (χ2v) is 11.1. The van der Waals surface area contributed by atoms with Crippen LogP contribution < -0.4 is 5.32 Å². The molecule has 244 valence electrons. The Bertz CT molecular complexity index is 1450. The van der Waals surface area contributed by atoms with Crippen LogP contribution in [0.4, 0.5) is 4.79 Å². The van der Waals surface area contributed by atoms with Gasteiger partial charge in [0, 0.05) is 40.3 Å². The second-order valence-electron chi connectivity index (χ2n) is 11.1. The van der Waals surface area contributed by atoms with Gasteiger partial charge in [-0.15, -0.1) is 6.58 Å². The van der Waals surface area contributed by atoms with Gasteiger partial charge >= 0.3 is 6.03 Å². The highest BCUT2D eigenvalue weighted by Gasteiger charge is 2.41. The number of hydrogen-bond donors (Lipinski definition) is 2. The lowest BCUT2D eigenvalue weighted by Gasteiger charge is -2.49. The number of aldehydes is 1. The number of rotatable bonds is 11. The number of benzene rings is 2. The summed E-state index contributed by atoms with van der Waals surface area (Å²) in [5.41, 5.74) is 3.09. The number of aromatic hydroxyl groups is 1. The van der Waals surface area contributed by atoms with Crippen molar-refractivity contribution in [3.8, 4) is 5.75 Å². The van der Waals surface area contributed by atoms with Crippen molar-refractivity contribution in [3.05, 3.63) is 108 Å². The summed E-state index contributed by atoms with van der Waals surface area (Å²) in [7, 11) is 5.16. The van der Waals surface area contributed by atoms with Gasteiger partial charge in [0.1, 0.15) is 23.9 Å². The van der Waals surface area contributed by atoms with Crippen molar-refractivity contribution in [2.24, 2.45) is 0 Å². The molecule has 2 heterocycles. The number of likely N-dealkylation sites (N-methyl/N-ethyl adjacent to an activating group) is 1. The molecule has 12 nitrogen and oxygen atoms in total. The molecule has 0 saturated carbocycles. The molecule has 0 bridgehead atoms. The highest BCUT2D eigenvalue weighted by atomic mass is 16.3. The summed E-state index contributed by atoms with van der Waals surface area (Å²) in [6.45, 7) is 6.72. The highest BCUT2D eigenvalue weighted by Crippen LogP contribution is 2.19. The van der Waals surface area contributed by atoms with E-state index in [9.17, 15) is 19.2 Å². The molecule has 1 aliphatic rings. The Balaban J connectivity index is 0.000000625. The average Bonchev–Trinajstić information content (AvgIpc) is 3.03. The normalized spacial score (nSPS) is 14.7. The molecule has 1 aliphatic heterocycles. The Morgan fingerprint density at radius 3 is 2.33 bits per heavy atom. The number of nitrogens with zero attached hydrogens (tertiary/aromatic N) is 6. The first kappa shape index (κ1) is 35.4. The third-order valence-electron chi connectivity index (χ3n) is 7.06. The molecule has 46 heavy (non-hydrogen) atoms. The van der Waals surface area contributed by atoms with Crippen LogP contribution in [0.2, 0.25) is 0 Å². The summed E-state index contributed by atoms with van der Waals surface area (Å²) >= 11 is 0. The fourth-order valence-corrected chi connectivity index (χ4v) is 4.79. The number of urea groups is 1. The van der Waals surface area contributed by atoms with Crippen LogP contribution >= 0.6 is 0 Å². The molecule has 2 N–H and O–H groups in total. The van der Waals surface area contributed by atoms with Crippen LogP contribution in [0.3, 0.4) is 0 Å². The molecule has 0 spiro atoms. The molecule has 12 heteroatoms. The molecule has 1 aromatic heterocycles. The molecular weight excluding hydrogens is 586 g/mol. The average molecular weight is 630 g/mol. The third-order valence-corrected chi connectivity index (χ3v) is 7.06. The molecular formula is C34H43N7O5. The maximum absolute atomic E-state index is 13.5. The van der Waals surface area contributed by atoms with Gasteiger partial charge in [-0.25, -0.2) is 19.8 Å². The standard InChI is InChI=1S/C27H35N7O4.C7H8O/c1-5-14-32-20-25(36)33(15-16-35)24(34(32)27(38)28-17-21-10-7-6-8-11-21)19-31(4)18-22-12-9-13-23(29-22)26(37)30(2)3;1-6-2-4-7(8)5-3-6/h5-13,16,24H,1,14-15,17-20H2,2-4H3,(H,28,38);2-5,8H,1H3. The van der Waals surface area contributed by atoms with Gasteiger partial charge in [-0.1, -0.05) is 60.2 Å². The maximum Gasteiger partial charge on any atom is 0.334 e. The summed E-state index contributed by atoms with van der Waals surface area (Å²) in [5, 5.41) is 14.8. The number of hydrogen-bond acceptors (Lipinski definition) is 8. The number of aryl methyl sites for hydroxylation is 1. The van der Waals surface area contributed by atoms with Crippen molar-refractivity contribution in [2.75, 3.05) is 47.3 Å². The number of hydrazine groups is 1. The molecule has 0 radical (unpaired) electrons. The van der Waals surface area contributed by atoms with Gasteiger partial charge in [-0.05, 0) is 43.8 Å². The van der Waals surface area contributed by atoms with Gasteiger partial charge in [-0.2, -0.15) is 0 Å². The second kappa shape index (κ2) is 17.4. The number of phenolic OH excluding ortho intramolecular Hbond substituents is 1. The van der Waals surface area contributed by atoms with E-state index in [1.165, 1.54) is 20.4 Å². The zero-order valence-electron chi connectivity index (χ0n) is 26.9. The summed E-state index contributed by atoms with van der Waals surface area (Å²) in [4.78, 5) is 59.6. The number of aromatic nitrogens is 1. The Hall–Kier alpha value is -5.07. The highest BCUT2D eigenvalue weighted by molar-refractivity contribution is 5.91. The first-order valence-electron chi connectivity index (χ1n) is 14.9. The predicted molar refractivity (Wildman–Crippen MR) is 175 cm³/mol. The van der Waals surface area contributed by atoms with Gasteiger partial charge in [0.25, 0.3) is 5.91 Å². The number of amides is 4. The van der Waals surface area contributed by atoms with Crippen molar-refractivity contribution in [1.29, 1.82) is 0 Å². The van der Waals surface area contributed by atoms with Gasteiger partial charge in [0.15, 0.2) is 0 Å². The topological polar surface area (TPSA) is 130 Å². The van der Waals surface area contributed by atoms with E-state index in [0.717, 1.165) is 5.56 Å². The van der Waals surface area contributed by atoms with E-state index in [1.807, 2.05) is 67.4 Å². The minimum Gasteiger partial charge on any atom is -0.508 e. The number of carbonyl (C=O) groups excluding carboxylic acids is 4. The van der Waals surface area contributed by atoms with Gasteiger partial charge in [0.2, 0.25) is 5.91 Å². The number of nitrogens with one attached hydrogen (secondary N) is 1. The summed E-state index contributed by atoms with van der Waals surface area (Å²) in [6.07, 6.45) is 1.53. The number of phenols is 1. The molecule has 1 fully saturated rings. The lowest BCUT2D eigenvalue weighted by Crippen LogP contribution is -2.70. The van der Waals surface area contributed by atoms with Crippen LogP contribution in [0.25, 0.3) is 0 Å². The van der Waals surface area contributed by atoms with Crippen LogP contribution in [0.5, 0.6) is 5.75 Å². The predicted octanol–water partition coefficient (Wildman–Crippen LogP) is 2.90. The molecule has 1 saturated heterocycles. The Morgan fingerprint density at radius 2 is 1.72 bits per heavy atom. The van der Waals surface area contributed by atoms with Crippen molar-refractivity contribution in [2.45, 2.75) is 26.2 Å². The molecule has 1 unspecified atom stereocenters. The minimum absolute atomic E-state index is 0.0604. The Morgan fingerprint density at radius 1 is 1.02 bits per heavy atom. The first-order valence-corrected chi connectivity index (χ1v) is 14.9. The monoisotopic (exact) mass is 629 g/mol. The van der Waals surface area contributed by atoms with Crippen molar-refractivity contribution in [1.82, 2.24) is 35.0 Å². The van der Waals surface area contributed by atoms with E-state index in [1.54, 1.807) is 49.4 Å². The van der Waals surface area contributed by atoms with Crippen LogP contribution in [0.15, 0.2) is 85.5 Å². The molecule has 1 atom stereocenters. The molecule has 3 aromatic rings. The third kappa shape index (κ3) is 10.2. The first-order chi connectivity index (χ1) is 22.0. The zero-order valence-corrected chi connectivity index (χ0v) is 26.9. The molecule has 0 aliphatic carbocycles. The number of carbonyl (C=O) groups is 4. The summed E-state index contributed by atoms with van der Waals surface area (Å²) in [5.74, 6) is -0.136. The lowest BCUT2D eigenvalue weighted by molar-refractivity contribution is -0.167. The quantitative estimate of drug-likeness (QED) is 0.245. The molecule has 4 rings (SSSR count). The van der Waals surface area contributed by atoms with Gasteiger partial charge in [-0.3, -0.25) is 14.5 Å². The van der Waals surface area contributed by atoms with E-state index in [2.05, 4.69) is 16.9 Å². The largest absolute Gasteiger partial charge is 0.508 e. The van der Waals surface area contributed by atoms with Crippen molar-refractivity contribution in [3.63, 3.8) is 0 Å². The Labute approximate surface area is 270 Å². The SMILES string of the molecule is C=CCN1CC(=O)N(CC=O)C(CN(C)Cc2cccc(C(=O)N(C)C)n2)N1C(=O)NCc1ccccc1.Cc1ccc(O)cc1. The van der Waals surface area contributed by atoms with Crippen LogP contribution in [0.1, 0.15) is 27.3 Å². The maximum atomic E-state index is 13.5. The Kier molecular flexibility index (Phi) is 13.4. The van der Waals surface area contributed by atoms with Gasteiger partial charge < -0.3 is 25.0 Å². The molecule has 2 aromatic carbocycles. The lowest BCUT2D eigenvalue weighted by atomic mass is 10.2. The van der Waals surface area contributed by atoms with Crippen molar-refractivity contribution < 1.29 is 24.3 Å². The fraction of sp³-hybridized carbons (Fsp3) is 0.324. The van der Waals surface area contributed by atoms with E-state index in [4.69, 9.17) is 5.11 Å². The van der Waals surface area contributed by atoms with Gasteiger partial charge in [0.05, 0.1) is 18.8 Å². The van der Waals surface area contributed by atoms with Crippen LogP contribution in [0, 0.1) is 6.92 Å². The fourth-order valence-electron chi connectivity index (χ4n) is 4.79. The summed E-state index contributed by atoms with van der Waals surface area (Å²) in [6, 6.07) is 21.4. The summed E-state index contributed by atoms with van der Waals surface area (Å²) < 4.78 is 0. The molecule has 4 amide bonds. The van der Waals surface area contributed by atoms with E-state index < -0.39 is 12.2 Å². The van der Waals surface area contributed by atoms with E-state index >= 15 is 0 Å². The zero-order chi connectivity index (χ0) is 33.6. The van der Waals surface area contributed by atoms with Crippen LogP contribution in [-0.4, -0.2) is 112 Å². The van der Waals surface area contributed by atoms with E-state index in [-0.39, 0.29) is 38.0 Å². The van der Waals surface area contributed by atoms with Crippen molar-refractivity contribution >= 4 is 24.1 Å². The van der Waals surface area contributed by atoms with Crippen LogP contribution in [-0.2, 0) is 22.7 Å². The number of pyridine rings is 1. The smallest absolute Gasteiger partial charge is 0.334 e. The van der Waals surface area contributed by atoms with E-state index in [0.29, 0.717) is 36.5 Å².